The van der Waals surface area contributed by atoms with E-state index >= 15 is 0 Å². The summed E-state index contributed by atoms with van der Waals surface area (Å²) >= 11 is 0. The maximum atomic E-state index is 12.7. The minimum atomic E-state index is -3.68. The minimum Gasteiger partial charge on any atom is -0.444 e. The number of carbonyl (C=O) groups excluding carboxylic acids is 2. The summed E-state index contributed by atoms with van der Waals surface area (Å²) in [6, 6.07) is 7.60. The monoisotopic (exact) mass is 435 g/mol. The molecule has 0 radical (unpaired) electrons. The molecule has 1 fully saturated rings. The van der Waals surface area contributed by atoms with Crippen molar-refractivity contribution in [3.05, 3.63) is 35.4 Å². The summed E-state index contributed by atoms with van der Waals surface area (Å²) in [5.74, 6) is -1.35. The van der Waals surface area contributed by atoms with Gasteiger partial charge >= 0.3 is 6.09 Å². The molecule has 1 aromatic rings. The van der Waals surface area contributed by atoms with E-state index in [1.54, 1.807) is 63.8 Å². The number of carbonyl (C=O) groups is 2. The fourth-order valence-corrected chi connectivity index (χ4v) is 4.64. The van der Waals surface area contributed by atoms with Crippen LogP contribution in [0.15, 0.2) is 24.3 Å². The third-order valence-corrected chi connectivity index (χ3v) is 6.21. The van der Waals surface area contributed by atoms with Gasteiger partial charge in [0.15, 0.2) is 9.84 Å². The van der Waals surface area contributed by atoms with E-state index in [0.717, 1.165) is 0 Å². The third kappa shape index (κ3) is 6.46. The van der Waals surface area contributed by atoms with Crippen LogP contribution in [-0.4, -0.2) is 66.7 Å². The van der Waals surface area contributed by atoms with E-state index in [0.29, 0.717) is 11.1 Å². The van der Waals surface area contributed by atoms with Crippen LogP contribution < -0.4 is 0 Å². The molecular weight excluding hydrogens is 406 g/mol. The van der Waals surface area contributed by atoms with Crippen molar-refractivity contribution < 1.29 is 22.7 Å². The highest BCUT2D eigenvalue weighted by Crippen LogP contribution is 2.20. The fraction of sp³-hybridized carbons (Fsp3) is 0.571. The molecule has 1 saturated heterocycles. The van der Waals surface area contributed by atoms with Crippen molar-refractivity contribution in [1.29, 1.82) is 5.26 Å². The van der Waals surface area contributed by atoms with Gasteiger partial charge in [-0.3, -0.25) is 4.79 Å². The highest BCUT2D eigenvalue weighted by atomic mass is 32.2. The Morgan fingerprint density at radius 2 is 1.63 bits per heavy atom. The Labute approximate surface area is 178 Å². The van der Waals surface area contributed by atoms with Crippen LogP contribution in [0, 0.1) is 11.3 Å². The van der Waals surface area contributed by atoms with Crippen LogP contribution in [0.5, 0.6) is 0 Å². The number of benzene rings is 1. The molecule has 2 amide bonds. The first-order valence-electron chi connectivity index (χ1n) is 9.80. The van der Waals surface area contributed by atoms with E-state index in [2.05, 4.69) is 0 Å². The molecule has 1 aliphatic heterocycles. The maximum absolute atomic E-state index is 12.7. The summed E-state index contributed by atoms with van der Waals surface area (Å²) in [5, 5.41) is 8.83. The lowest BCUT2D eigenvalue weighted by Gasteiger charge is -2.44. The largest absolute Gasteiger partial charge is 0.444 e. The second kappa shape index (κ2) is 9.04. The molecule has 1 aromatic carbocycles. The predicted molar refractivity (Wildman–Crippen MR) is 112 cm³/mol. The van der Waals surface area contributed by atoms with Crippen LogP contribution >= 0.6 is 0 Å². The van der Waals surface area contributed by atoms with Crippen molar-refractivity contribution in [2.24, 2.45) is 0 Å². The Morgan fingerprint density at radius 1 is 1.10 bits per heavy atom. The van der Waals surface area contributed by atoms with Crippen LogP contribution in [0.4, 0.5) is 4.79 Å². The van der Waals surface area contributed by atoms with Crippen molar-refractivity contribution in [3.8, 4) is 6.07 Å². The van der Waals surface area contributed by atoms with Crippen LogP contribution in [-0.2, 0) is 25.1 Å². The molecular formula is C21H29N3O5S. The molecule has 0 aliphatic carbocycles. The number of piperazine rings is 1. The lowest BCUT2D eigenvalue weighted by Crippen LogP contribution is -2.60. The molecule has 0 saturated carbocycles. The molecule has 0 N–H and O–H groups in total. The van der Waals surface area contributed by atoms with Crippen molar-refractivity contribution in [2.75, 3.05) is 18.8 Å². The Morgan fingerprint density at radius 3 is 2.17 bits per heavy atom. The molecule has 0 unspecified atom stereocenters. The van der Waals surface area contributed by atoms with Gasteiger partial charge in [0.1, 0.15) is 11.4 Å². The molecule has 1 heterocycles. The van der Waals surface area contributed by atoms with Gasteiger partial charge in [0.25, 0.3) is 0 Å². The fourth-order valence-electron chi connectivity index (χ4n) is 3.30. The number of hydrogen-bond donors (Lipinski definition) is 0. The van der Waals surface area contributed by atoms with Gasteiger partial charge in [0, 0.05) is 25.2 Å². The summed E-state index contributed by atoms with van der Waals surface area (Å²) in [5.41, 5.74) is 0.350. The highest BCUT2D eigenvalue weighted by Gasteiger charge is 2.37. The number of sulfone groups is 1. The molecule has 30 heavy (non-hydrogen) atoms. The Hall–Kier alpha value is -2.60. The summed E-state index contributed by atoms with van der Waals surface area (Å²) < 4.78 is 30.5. The minimum absolute atomic E-state index is 0.242. The summed E-state index contributed by atoms with van der Waals surface area (Å²) in [6.07, 6.45) is -0.442. The molecule has 9 heteroatoms. The average molecular weight is 436 g/mol. The second-order valence-corrected chi connectivity index (χ2v) is 10.8. The number of rotatable bonds is 4. The zero-order valence-corrected chi connectivity index (χ0v) is 18.9. The summed E-state index contributed by atoms with van der Waals surface area (Å²) in [4.78, 5) is 28.2. The van der Waals surface area contributed by atoms with Crippen molar-refractivity contribution >= 4 is 21.8 Å². The number of nitrogens with zero attached hydrogens (tertiary/aromatic N) is 3. The maximum Gasteiger partial charge on any atom is 0.410 e. The standard InChI is InChI=1S/C21H29N3O5S/c1-15-12-24(20(26)29-21(3,4)5)16(2)11-23(15)19(25)14-30(27,28)13-18-8-6-17(10-22)7-9-18/h6-9,15-16H,11-14H2,1-5H3/t15-,16-/m0/s1. The molecule has 1 aliphatic rings. The summed E-state index contributed by atoms with van der Waals surface area (Å²) in [6.45, 7) is 9.48. The number of ether oxygens (including phenoxy) is 1. The Bertz CT molecular complexity index is 929. The number of hydrogen-bond acceptors (Lipinski definition) is 6. The third-order valence-electron chi connectivity index (χ3n) is 4.75. The SMILES string of the molecule is C[C@H]1CN(C(=O)OC(C)(C)C)[C@@H](C)CN1C(=O)CS(=O)(=O)Cc1ccc(C#N)cc1. The van der Waals surface area contributed by atoms with E-state index in [-0.39, 0.29) is 30.9 Å². The molecule has 2 rings (SSSR count). The van der Waals surface area contributed by atoms with Gasteiger partial charge < -0.3 is 14.5 Å². The van der Waals surface area contributed by atoms with Gasteiger partial charge in [0.2, 0.25) is 5.91 Å². The first kappa shape index (κ1) is 23.7. The second-order valence-electron chi connectivity index (χ2n) is 8.72. The van der Waals surface area contributed by atoms with Gasteiger partial charge in [-0.2, -0.15) is 5.26 Å². The van der Waals surface area contributed by atoms with E-state index < -0.39 is 33.2 Å². The molecule has 164 valence electrons. The molecule has 0 aromatic heterocycles. The van der Waals surface area contributed by atoms with Crippen molar-refractivity contribution in [1.82, 2.24) is 9.80 Å². The van der Waals surface area contributed by atoms with Gasteiger partial charge in [-0.1, -0.05) is 12.1 Å². The predicted octanol–water partition coefficient (Wildman–Crippen LogP) is 2.33. The van der Waals surface area contributed by atoms with E-state index in [9.17, 15) is 18.0 Å². The number of nitriles is 1. The van der Waals surface area contributed by atoms with Gasteiger partial charge in [-0.05, 0) is 52.3 Å². The van der Waals surface area contributed by atoms with Gasteiger partial charge in [-0.15, -0.1) is 0 Å². The molecule has 8 nitrogen and oxygen atoms in total. The van der Waals surface area contributed by atoms with Crippen LogP contribution in [0.1, 0.15) is 45.7 Å². The van der Waals surface area contributed by atoms with E-state index in [1.807, 2.05) is 6.07 Å². The lowest BCUT2D eigenvalue weighted by atomic mass is 10.1. The van der Waals surface area contributed by atoms with E-state index in [1.165, 1.54) is 4.90 Å². The topological polar surface area (TPSA) is 108 Å². The van der Waals surface area contributed by atoms with Gasteiger partial charge in [0.05, 0.1) is 17.4 Å². The zero-order chi connectivity index (χ0) is 22.7. The van der Waals surface area contributed by atoms with Gasteiger partial charge in [-0.25, -0.2) is 13.2 Å². The normalized spacial score (nSPS) is 19.9. The Kier molecular flexibility index (Phi) is 7.14. The molecule has 2 atom stereocenters. The average Bonchev–Trinajstić information content (AvgIpc) is 2.61. The van der Waals surface area contributed by atoms with Crippen LogP contribution in [0.25, 0.3) is 0 Å². The Balaban J connectivity index is 2.01. The van der Waals surface area contributed by atoms with Crippen LogP contribution in [0.3, 0.4) is 0 Å². The number of amides is 2. The summed E-state index contributed by atoms with van der Waals surface area (Å²) in [7, 11) is -3.68. The molecule has 0 bridgehead atoms. The van der Waals surface area contributed by atoms with E-state index in [4.69, 9.17) is 10.00 Å². The zero-order valence-electron chi connectivity index (χ0n) is 18.1. The first-order chi connectivity index (χ1) is 13.8. The molecule has 0 spiro atoms. The van der Waals surface area contributed by atoms with Crippen molar-refractivity contribution in [2.45, 2.75) is 58.1 Å². The van der Waals surface area contributed by atoms with Crippen LogP contribution in [0.2, 0.25) is 0 Å². The smallest absolute Gasteiger partial charge is 0.410 e. The lowest BCUT2D eigenvalue weighted by molar-refractivity contribution is -0.134. The first-order valence-corrected chi connectivity index (χ1v) is 11.6. The quantitative estimate of drug-likeness (QED) is 0.718. The highest BCUT2D eigenvalue weighted by molar-refractivity contribution is 7.91. The van der Waals surface area contributed by atoms with Crippen molar-refractivity contribution in [3.63, 3.8) is 0 Å².